The van der Waals surface area contributed by atoms with Crippen molar-refractivity contribution in [3.8, 4) is 0 Å². The van der Waals surface area contributed by atoms with E-state index in [2.05, 4.69) is 41.7 Å². The van der Waals surface area contributed by atoms with Crippen molar-refractivity contribution in [2.45, 2.75) is 55.8 Å². The van der Waals surface area contributed by atoms with Crippen molar-refractivity contribution in [2.24, 2.45) is 0 Å². The third-order valence-electron chi connectivity index (χ3n) is 5.56. The summed E-state index contributed by atoms with van der Waals surface area (Å²) < 4.78 is 3.68. The summed E-state index contributed by atoms with van der Waals surface area (Å²) in [4.78, 5) is 25.0. The molecule has 1 amide bonds. The number of aliphatic carboxylic acids is 1. The Morgan fingerprint density at radius 2 is 1.11 bits per heavy atom. The summed E-state index contributed by atoms with van der Waals surface area (Å²) in [5, 5.41) is 12.8. The lowest BCUT2D eigenvalue weighted by Gasteiger charge is -2.43. The highest BCUT2D eigenvalue weighted by atomic mass is 32.2. The maximum atomic E-state index is 12.6. The zero-order valence-electron chi connectivity index (χ0n) is 20.8. The normalized spacial score (nSPS) is 13.1. The van der Waals surface area contributed by atoms with Gasteiger partial charge < -0.3 is 15.2 Å². The number of hydrogen-bond donors (Lipinski definition) is 2. The number of carboxylic acid groups (broad SMARTS) is 1. The lowest BCUT2D eigenvalue weighted by molar-refractivity contribution is -0.140. The van der Waals surface area contributed by atoms with E-state index in [0.717, 1.165) is 16.7 Å². The Balaban J connectivity index is 2.17. The van der Waals surface area contributed by atoms with Crippen molar-refractivity contribution in [3.63, 3.8) is 0 Å². The molecule has 0 unspecified atom stereocenters. The Morgan fingerprint density at radius 1 is 0.743 bits per heavy atom. The van der Waals surface area contributed by atoms with Crippen LogP contribution in [-0.4, -0.2) is 33.6 Å². The van der Waals surface area contributed by atoms with Crippen molar-refractivity contribution in [1.29, 1.82) is 0 Å². The third kappa shape index (κ3) is 6.25. The minimum atomic E-state index is -1.21. The van der Waals surface area contributed by atoms with Crippen molar-refractivity contribution in [1.82, 2.24) is 5.32 Å². The lowest BCUT2D eigenvalue weighted by atomic mass is 9.84. The number of hydrogen-bond acceptors (Lipinski definition) is 4. The number of thioether (sulfide) groups is 1. The molecule has 0 bridgehead atoms. The predicted molar refractivity (Wildman–Crippen MR) is 142 cm³/mol. The molecular formula is C29H33NO4S. The van der Waals surface area contributed by atoms with Crippen LogP contribution in [-0.2, 0) is 14.3 Å². The van der Waals surface area contributed by atoms with Crippen molar-refractivity contribution >= 4 is 23.8 Å². The van der Waals surface area contributed by atoms with Gasteiger partial charge in [-0.15, -0.1) is 11.8 Å². The molecule has 0 radical (unpaired) electrons. The lowest BCUT2D eigenvalue weighted by Crippen LogP contribution is -2.55. The predicted octanol–water partition coefficient (Wildman–Crippen LogP) is 6.47. The quantitative estimate of drug-likeness (QED) is 0.353. The molecule has 3 rings (SSSR count). The van der Waals surface area contributed by atoms with Gasteiger partial charge in [-0.3, -0.25) is 0 Å². The van der Waals surface area contributed by atoms with Crippen LogP contribution in [0, 0.1) is 0 Å². The van der Waals surface area contributed by atoms with Crippen LogP contribution in [0.1, 0.15) is 51.3 Å². The number of rotatable bonds is 8. The summed E-state index contributed by atoms with van der Waals surface area (Å²) in [6, 6.07) is 28.9. The van der Waals surface area contributed by atoms with Crippen molar-refractivity contribution < 1.29 is 19.4 Å². The number of ether oxygens (including phenoxy) is 1. The Bertz CT molecular complexity index is 1030. The second-order valence-corrected chi connectivity index (χ2v) is 11.8. The largest absolute Gasteiger partial charge is 0.480 e. The van der Waals surface area contributed by atoms with E-state index >= 15 is 0 Å². The number of amides is 1. The van der Waals surface area contributed by atoms with Crippen LogP contribution in [0.5, 0.6) is 0 Å². The molecule has 6 heteroatoms. The summed E-state index contributed by atoms with van der Waals surface area (Å²) in [6.07, 6.45) is -0.761. The molecule has 0 heterocycles. The minimum absolute atomic E-state index is 0.739. The first kappa shape index (κ1) is 26.4. The first-order valence-electron chi connectivity index (χ1n) is 11.5. The summed E-state index contributed by atoms with van der Waals surface area (Å²) >= 11 is 1.50. The molecule has 184 valence electrons. The van der Waals surface area contributed by atoms with Gasteiger partial charge in [0.15, 0.2) is 0 Å². The molecule has 5 nitrogen and oxygen atoms in total. The van der Waals surface area contributed by atoms with Gasteiger partial charge in [-0.2, -0.15) is 0 Å². The van der Waals surface area contributed by atoms with Gasteiger partial charge in [0.25, 0.3) is 0 Å². The van der Waals surface area contributed by atoms with Gasteiger partial charge in [-0.05, 0) is 51.3 Å². The Kier molecular flexibility index (Phi) is 7.96. The highest BCUT2D eigenvalue weighted by Gasteiger charge is 2.47. The Hall–Kier alpha value is -3.25. The fourth-order valence-corrected chi connectivity index (χ4v) is 5.94. The maximum absolute atomic E-state index is 12.6. The van der Waals surface area contributed by atoms with Gasteiger partial charge in [0.05, 0.1) is 4.75 Å². The highest BCUT2D eigenvalue weighted by molar-refractivity contribution is 8.02. The Morgan fingerprint density at radius 3 is 1.43 bits per heavy atom. The molecule has 35 heavy (non-hydrogen) atoms. The topological polar surface area (TPSA) is 75.6 Å². The van der Waals surface area contributed by atoms with E-state index in [9.17, 15) is 14.7 Å². The molecule has 0 spiro atoms. The van der Waals surface area contributed by atoms with Crippen LogP contribution in [0.2, 0.25) is 0 Å². The minimum Gasteiger partial charge on any atom is -0.480 e. The van der Waals surface area contributed by atoms with Gasteiger partial charge >= 0.3 is 12.1 Å². The number of carbonyl (C=O) groups is 2. The van der Waals surface area contributed by atoms with Gasteiger partial charge in [0, 0.05) is 4.75 Å². The first-order chi connectivity index (χ1) is 16.5. The third-order valence-corrected chi connectivity index (χ3v) is 7.34. The van der Waals surface area contributed by atoms with Gasteiger partial charge in [-0.25, -0.2) is 9.59 Å². The van der Waals surface area contributed by atoms with Crippen LogP contribution >= 0.6 is 11.8 Å². The van der Waals surface area contributed by atoms with E-state index in [4.69, 9.17) is 4.74 Å². The number of nitrogens with one attached hydrogen (secondary N) is 1. The van der Waals surface area contributed by atoms with E-state index in [-0.39, 0.29) is 0 Å². The van der Waals surface area contributed by atoms with Crippen molar-refractivity contribution in [2.75, 3.05) is 0 Å². The average molecular weight is 492 g/mol. The molecule has 3 aromatic rings. The summed E-state index contributed by atoms with van der Waals surface area (Å²) in [5.41, 5.74) is 2.29. The molecule has 1 atom stereocenters. The van der Waals surface area contributed by atoms with Crippen LogP contribution in [0.3, 0.4) is 0 Å². The maximum Gasteiger partial charge on any atom is 0.408 e. The molecule has 0 aliphatic rings. The number of benzene rings is 3. The van der Waals surface area contributed by atoms with E-state index in [1.54, 1.807) is 20.8 Å². The standard InChI is InChI=1S/C29H33NO4S/c1-27(2,3)34-26(33)30-24(25(31)32)28(4,5)35-29(21-15-9-6-10-16-21,22-17-11-7-12-18-22)23-19-13-8-14-20-23/h6-20,24H,1-5H3,(H,30,33)(H,31,32)/t24-/m1/s1. The second kappa shape index (κ2) is 10.6. The zero-order valence-corrected chi connectivity index (χ0v) is 21.6. The molecule has 0 saturated carbocycles. The molecule has 3 aromatic carbocycles. The molecular weight excluding hydrogens is 458 g/mol. The summed E-state index contributed by atoms with van der Waals surface area (Å²) in [5.74, 6) is -1.13. The van der Waals surface area contributed by atoms with E-state index in [0.29, 0.717) is 0 Å². The molecule has 0 aliphatic carbocycles. The molecule has 2 N–H and O–H groups in total. The van der Waals surface area contributed by atoms with Crippen molar-refractivity contribution in [3.05, 3.63) is 108 Å². The van der Waals surface area contributed by atoms with Crippen LogP contribution in [0.25, 0.3) is 0 Å². The van der Waals surface area contributed by atoms with Gasteiger partial charge in [-0.1, -0.05) is 91.0 Å². The summed E-state index contributed by atoms with van der Waals surface area (Å²) in [6.45, 7) is 8.92. The fourth-order valence-electron chi connectivity index (χ4n) is 4.11. The Labute approximate surface area is 211 Å². The zero-order chi connectivity index (χ0) is 25.7. The number of alkyl carbamates (subject to hydrolysis) is 1. The molecule has 0 aliphatic heterocycles. The molecule has 0 fully saturated rings. The van der Waals surface area contributed by atoms with Crippen LogP contribution < -0.4 is 5.32 Å². The highest BCUT2D eigenvalue weighted by Crippen LogP contribution is 2.54. The smallest absolute Gasteiger partial charge is 0.408 e. The molecule has 0 aromatic heterocycles. The molecule has 0 saturated heterocycles. The van der Waals surface area contributed by atoms with Gasteiger partial charge in [0.1, 0.15) is 11.6 Å². The van der Waals surface area contributed by atoms with Crippen LogP contribution in [0.4, 0.5) is 4.79 Å². The van der Waals surface area contributed by atoms with E-state index in [1.165, 1.54) is 11.8 Å². The monoisotopic (exact) mass is 491 g/mol. The summed E-state index contributed by atoms with van der Waals surface area (Å²) in [7, 11) is 0. The van der Waals surface area contributed by atoms with Crippen LogP contribution in [0.15, 0.2) is 91.0 Å². The average Bonchev–Trinajstić information content (AvgIpc) is 2.81. The second-order valence-electron chi connectivity index (χ2n) is 9.90. The van der Waals surface area contributed by atoms with Gasteiger partial charge in [0.2, 0.25) is 0 Å². The SMILES string of the molecule is CC(C)(C)OC(=O)N[C@H](C(=O)O)C(C)(C)SC(c1ccccc1)(c1ccccc1)c1ccccc1. The number of carbonyl (C=O) groups excluding carboxylic acids is 1. The first-order valence-corrected chi connectivity index (χ1v) is 12.4. The fraction of sp³-hybridized carbons (Fsp3) is 0.310. The number of carboxylic acids is 1. The van der Waals surface area contributed by atoms with E-state index < -0.39 is 33.2 Å². The van der Waals surface area contributed by atoms with E-state index in [1.807, 2.05) is 68.4 Å².